The normalized spacial score (nSPS) is 13.7. The topological polar surface area (TPSA) is 91.0 Å². The summed E-state index contributed by atoms with van der Waals surface area (Å²) in [7, 11) is 3.41. The Morgan fingerprint density at radius 1 is 1.60 bits per heavy atom. The molecule has 0 aliphatic carbocycles. The molecule has 0 aliphatic rings. The first-order valence-corrected chi connectivity index (χ1v) is 4.91. The molecule has 0 bridgehead atoms. The molecule has 1 amide bonds. The third-order valence-corrected chi connectivity index (χ3v) is 2.12. The lowest BCUT2D eigenvalue weighted by Gasteiger charge is -2.17. The van der Waals surface area contributed by atoms with Crippen LogP contribution in [-0.2, 0) is 4.79 Å². The lowest BCUT2D eigenvalue weighted by Crippen LogP contribution is -2.40. The predicted octanol–water partition coefficient (Wildman–Crippen LogP) is -0.421. The Hall–Kier alpha value is -1.30. The van der Waals surface area contributed by atoms with E-state index in [4.69, 9.17) is 10.9 Å². The van der Waals surface area contributed by atoms with Gasteiger partial charge < -0.3 is 21.2 Å². The monoisotopic (exact) mass is 216 g/mol. The summed E-state index contributed by atoms with van der Waals surface area (Å²) in [5, 5.41) is 14.4. The molecule has 88 valence electrons. The average molecular weight is 216 g/mol. The highest BCUT2D eigenvalue weighted by molar-refractivity contribution is 5.80. The highest BCUT2D eigenvalue weighted by Gasteiger charge is 2.11. The molecule has 0 aromatic carbocycles. The molecule has 0 rings (SSSR count). The number of likely N-dealkylation sites (N-methyl/N-ethyl adjacent to an activating group) is 1. The maximum absolute atomic E-state index is 11.3. The SMILES string of the molecule is CCC(CC(N)=NO)NCC(=O)N(C)C. The molecule has 0 aromatic rings. The van der Waals surface area contributed by atoms with Crippen LogP contribution in [0.15, 0.2) is 5.16 Å². The minimum absolute atomic E-state index is 0.00737. The fourth-order valence-electron chi connectivity index (χ4n) is 1.04. The van der Waals surface area contributed by atoms with Crippen molar-refractivity contribution in [1.82, 2.24) is 10.2 Å². The zero-order valence-corrected chi connectivity index (χ0v) is 9.53. The summed E-state index contributed by atoms with van der Waals surface area (Å²) >= 11 is 0. The van der Waals surface area contributed by atoms with Crippen LogP contribution >= 0.6 is 0 Å². The van der Waals surface area contributed by atoms with Gasteiger partial charge in [0.25, 0.3) is 0 Å². The number of amides is 1. The number of rotatable bonds is 6. The van der Waals surface area contributed by atoms with Crippen molar-refractivity contribution in [2.75, 3.05) is 20.6 Å². The third kappa shape index (κ3) is 5.90. The molecule has 6 nitrogen and oxygen atoms in total. The van der Waals surface area contributed by atoms with Gasteiger partial charge in [0.05, 0.1) is 6.54 Å². The van der Waals surface area contributed by atoms with Crippen molar-refractivity contribution in [3.8, 4) is 0 Å². The van der Waals surface area contributed by atoms with Crippen LogP contribution in [0.2, 0.25) is 0 Å². The standard InChI is InChI=1S/C9H20N4O2/c1-4-7(5-8(10)12-15)11-6-9(14)13(2)3/h7,11,15H,4-6H2,1-3H3,(H2,10,12). The third-order valence-electron chi connectivity index (χ3n) is 2.12. The summed E-state index contributed by atoms with van der Waals surface area (Å²) in [6, 6.07) is 0.0600. The Morgan fingerprint density at radius 3 is 2.60 bits per heavy atom. The highest BCUT2D eigenvalue weighted by atomic mass is 16.4. The number of hydrogen-bond acceptors (Lipinski definition) is 4. The van der Waals surface area contributed by atoms with E-state index in [1.807, 2.05) is 6.92 Å². The van der Waals surface area contributed by atoms with Gasteiger partial charge >= 0.3 is 0 Å². The van der Waals surface area contributed by atoms with Crippen LogP contribution in [0.3, 0.4) is 0 Å². The largest absolute Gasteiger partial charge is 0.409 e. The van der Waals surface area contributed by atoms with E-state index in [0.29, 0.717) is 6.42 Å². The smallest absolute Gasteiger partial charge is 0.236 e. The van der Waals surface area contributed by atoms with Crippen molar-refractivity contribution in [2.24, 2.45) is 10.9 Å². The first-order valence-electron chi connectivity index (χ1n) is 4.91. The Kier molecular flexibility index (Phi) is 6.44. The fraction of sp³-hybridized carbons (Fsp3) is 0.778. The van der Waals surface area contributed by atoms with E-state index in [-0.39, 0.29) is 24.3 Å². The molecular weight excluding hydrogens is 196 g/mol. The van der Waals surface area contributed by atoms with E-state index in [1.165, 1.54) is 4.90 Å². The van der Waals surface area contributed by atoms with Crippen molar-refractivity contribution in [3.63, 3.8) is 0 Å². The van der Waals surface area contributed by atoms with Crippen molar-refractivity contribution in [2.45, 2.75) is 25.8 Å². The van der Waals surface area contributed by atoms with Gasteiger partial charge in [-0.3, -0.25) is 4.79 Å². The summed E-state index contributed by atoms with van der Waals surface area (Å²) in [5.41, 5.74) is 5.38. The van der Waals surface area contributed by atoms with Crippen LogP contribution in [0.4, 0.5) is 0 Å². The minimum atomic E-state index is 0.00737. The van der Waals surface area contributed by atoms with Crippen LogP contribution in [0.5, 0.6) is 0 Å². The second-order valence-corrected chi connectivity index (χ2v) is 3.57. The number of oxime groups is 1. The van der Waals surface area contributed by atoms with Gasteiger partial charge in [-0.05, 0) is 6.42 Å². The van der Waals surface area contributed by atoms with Crippen molar-refractivity contribution >= 4 is 11.7 Å². The van der Waals surface area contributed by atoms with Crippen LogP contribution in [-0.4, -0.2) is 48.5 Å². The van der Waals surface area contributed by atoms with Crippen LogP contribution in [0.1, 0.15) is 19.8 Å². The molecule has 1 atom stereocenters. The van der Waals surface area contributed by atoms with Crippen LogP contribution < -0.4 is 11.1 Å². The molecule has 0 heterocycles. The van der Waals surface area contributed by atoms with E-state index < -0.39 is 0 Å². The molecule has 0 fully saturated rings. The fourth-order valence-corrected chi connectivity index (χ4v) is 1.04. The molecule has 4 N–H and O–H groups in total. The van der Waals surface area contributed by atoms with E-state index in [9.17, 15) is 4.79 Å². The number of amidine groups is 1. The van der Waals surface area contributed by atoms with E-state index >= 15 is 0 Å². The van der Waals surface area contributed by atoms with Gasteiger partial charge in [-0.2, -0.15) is 0 Å². The summed E-state index contributed by atoms with van der Waals surface area (Å²) in [6.07, 6.45) is 1.25. The Morgan fingerprint density at radius 2 is 2.20 bits per heavy atom. The quantitative estimate of drug-likeness (QED) is 0.243. The molecule has 15 heavy (non-hydrogen) atoms. The van der Waals surface area contributed by atoms with Crippen molar-refractivity contribution in [3.05, 3.63) is 0 Å². The molecule has 0 radical (unpaired) electrons. The van der Waals surface area contributed by atoms with Gasteiger partial charge in [0.15, 0.2) is 0 Å². The summed E-state index contributed by atoms with van der Waals surface area (Å²) < 4.78 is 0. The zero-order chi connectivity index (χ0) is 11.8. The number of hydrogen-bond donors (Lipinski definition) is 3. The Balaban J connectivity index is 3.95. The van der Waals surface area contributed by atoms with Gasteiger partial charge in [-0.1, -0.05) is 12.1 Å². The molecule has 0 saturated heterocycles. The zero-order valence-electron chi connectivity index (χ0n) is 9.53. The lowest BCUT2D eigenvalue weighted by molar-refractivity contribution is -0.127. The van der Waals surface area contributed by atoms with Gasteiger partial charge in [-0.25, -0.2) is 0 Å². The average Bonchev–Trinajstić information content (AvgIpc) is 2.22. The predicted molar refractivity (Wildman–Crippen MR) is 58.8 cm³/mol. The van der Waals surface area contributed by atoms with Crippen LogP contribution in [0.25, 0.3) is 0 Å². The molecule has 0 spiro atoms. The first kappa shape index (κ1) is 13.7. The molecule has 6 heteroatoms. The second-order valence-electron chi connectivity index (χ2n) is 3.57. The highest BCUT2D eigenvalue weighted by Crippen LogP contribution is 1.97. The molecular formula is C9H20N4O2. The molecule has 0 aromatic heterocycles. The number of nitrogens with two attached hydrogens (primary N) is 1. The number of nitrogens with zero attached hydrogens (tertiary/aromatic N) is 2. The maximum atomic E-state index is 11.3. The molecule has 0 aliphatic heterocycles. The van der Waals surface area contributed by atoms with Gasteiger partial charge in [0, 0.05) is 26.6 Å². The molecule has 1 unspecified atom stereocenters. The van der Waals surface area contributed by atoms with Crippen LogP contribution in [0, 0.1) is 0 Å². The van der Waals surface area contributed by atoms with Crippen molar-refractivity contribution < 1.29 is 10.0 Å². The maximum Gasteiger partial charge on any atom is 0.236 e. The van der Waals surface area contributed by atoms with E-state index in [1.54, 1.807) is 14.1 Å². The number of carbonyl (C=O) groups is 1. The van der Waals surface area contributed by atoms with Crippen molar-refractivity contribution in [1.29, 1.82) is 0 Å². The number of carbonyl (C=O) groups excluding carboxylic acids is 1. The Labute approximate surface area is 90.1 Å². The summed E-state index contributed by atoms with van der Waals surface area (Å²) in [5.74, 6) is 0.180. The van der Waals surface area contributed by atoms with E-state index in [2.05, 4.69) is 10.5 Å². The second kappa shape index (κ2) is 7.05. The van der Waals surface area contributed by atoms with Gasteiger partial charge in [0.1, 0.15) is 5.84 Å². The summed E-state index contributed by atoms with van der Waals surface area (Å²) in [6.45, 7) is 2.24. The Bertz CT molecular complexity index is 228. The lowest BCUT2D eigenvalue weighted by atomic mass is 10.1. The van der Waals surface area contributed by atoms with Gasteiger partial charge in [0.2, 0.25) is 5.91 Å². The molecule has 0 saturated carbocycles. The minimum Gasteiger partial charge on any atom is -0.409 e. The first-order chi connectivity index (χ1) is 7.01. The van der Waals surface area contributed by atoms with E-state index in [0.717, 1.165) is 6.42 Å². The van der Waals surface area contributed by atoms with Gasteiger partial charge in [-0.15, -0.1) is 0 Å². The summed E-state index contributed by atoms with van der Waals surface area (Å²) in [4.78, 5) is 12.8. The number of nitrogens with one attached hydrogen (secondary N) is 1.